The van der Waals surface area contributed by atoms with Crippen molar-refractivity contribution in [3.05, 3.63) is 51.9 Å². The summed E-state index contributed by atoms with van der Waals surface area (Å²) < 4.78 is 1.34. The van der Waals surface area contributed by atoms with E-state index >= 15 is 0 Å². The van der Waals surface area contributed by atoms with Crippen molar-refractivity contribution >= 4 is 17.4 Å². The van der Waals surface area contributed by atoms with Crippen molar-refractivity contribution in [3.8, 4) is 0 Å². The number of fused-ring (bicyclic) bond motifs is 1. The third-order valence-corrected chi connectivity index (χ3v) is 3.00. The number of nitrogens with one attached hydrogen (secondary N) is 2. The summed E-state index contributed by atoms with van der Waals surface area (Å²) in [6, 6.07) is 9.61. The Bertz CT molecular complexity index is 788. The van der Waals surface area contributed by atoms with Crippen molar-refractivity contribution in [2.75, 3.05) is 5.32 Å². The van der Waals surface area contributed by atoms with Gasteiger partial charge in [-0.1, -0.05) is 18.2 Å². The second-order valence-corrected chi connectivity index (χ2v) is 4.33. The smallest absolute Gasteiger partial charge is 0.277 e. The van der Waals surface area contributed by atoms with Gasteiger partial charge in [0.15, 0.2) is 0 Å². The summed E-state index contributed by atoms with van der Waals surface area (Å²) in [7, 11) is 0. The summed E-state index contributed by atoms with van der Waals surface area (Å²) in [5.41, 5.74) is 2.08. The van der Waals surface area contributed by atoms with Crippen molar-refractivity contribution in [3.63, 3.8) is 0 Å². The van der Waals surface area contributed by atoms with Gasteiger partial charge >= 0.3 is 0 Å². The number of aromatic nitrogens is 4. The number of H-pyrrole nitrogens is 1. The Morgan fingerprint density at radius 2 is 1.89 bits per heavy atom. The van der Waals surface area contributed by atoms with E-state index in [1.165, 1.54) is 4.52 Å². The lowest BCUT2D eigenvalue weighted by atomic mass is 10.3. The molecule has 0 amide bonds. The first kappa shape index (κ1) is 11.5. The maximum Gasteiger partial charge on any atom is 0.277 e. The normalized spacial score (nSPS) is 10.8. The molecule has 2 N–H and O–H groups in total. The van der Waals surface area contributed by atoms with Crippen LogP contribution in [0.4, 0.5) is 11.6 Å². The molecule has 6 heteroatoms. The third kappa shape index (κ3) is 1.97. The molecule has 0 spiro atoms. The Balaban J connectivity index is 2.08. The zero-order valence-electron chi connectivity index (χ0n) is 10.6. The fraction of sp³-hybridized carbons (Fsp3) is 0.154. The van der Waals surface area contributed by atoms with E-state index in [0.29, 0.717) is 23.0 Å². The highest BCUT2D eigenvalue weighted by Crippen LogP contribution is 2.12. The van der Waals surface area contributed by atoms with E-state index in [2.05, 4.69) is 20.4 Å². The van der Waals surface area contributed by atoms with Crippen LogP contribution in [0, 0.1) is 13.8 Å². The molecule has 2 heterocycles. The van der Waals surface area contributed by atoms with Crippen LogP contribution in [0.25, 0.3) is 5.78 Å². The first-order valence-electron chi connectivity index (χ1n) is 5.93. The number of rotatable bonds is 2. The minimum absolute atomic E-state index is 0.129. The highest BCUT2D eigenvalue weighted by molar-refractivity contribution is 5.54. The first-order chi connectivity index (χ1) is 9.15. The molecule has 1 aromatic carbocycles. The third-order valence-electron chi connectivity index (χ3n) is 3.00. The van der Waals surface area contributed by atoms with Crippen LogP contribution in [-0.4, -0.2) is 19.6 Å². The van der Waals surface area contributed by atoms with Crippen LogP contribution < -0.4 is 10.9 Å². The Morgan fingerprint density at radius 1 is 1.16 bits per heavy atom. The second kappa shape index (κ2) is 4.24. The van der Waals surface area contributed by atoms with Crippen LogP contribution >= 0.6 is 0 Å². The van der Waals surface area contributed by atoms with Gasteiger partial charge in [0.05, 0.1) is 0 Å². The molecule has 3 aromatic rings. The summed E-state index contributed by atoms with van der Waals surface area (Å²) >= 11 is 0. The van der Waals surface area contributed by atoms with Crippen molar-refractivity contribution in [1.29, 1.82) is 0 Å². The molecule has 0 aliphatic rings. The number of aryl methyl sites for hydroxylation is 1. The van der Waals surface area contributed by atoms with E-state index < -0.39 is 0 Å². The van der Waals surface area contributed by atoms with Crippen molar-refractivity contribution in [2.45, 2.75) is 13.8 Å². The van der Waals surface area contributed by atoms with Crippen LogP contribution in [0.3, 0.4) is 0 Å². The summed E-state index contributed by atoms with van der Waals surface area (Å²) in [6.45, 7) is 3.55. The number of nitrogens with zero attached hydrogens (tertiary/aromatic N) is 3. The summed E-state index contributed by atoms with van der Waals surface area (Å²) in [5.74, 6) is 0.854. The van der Waals surface area contributed by atoms with E-state index in [1.807, 2.05) is 30.3 Å². The summed E-state index contributed by atoms with van der Waals surface area (Å²) in [5, 5.41) is 5.99. The van der Waals surface area contributed by atoms with Crippen LogP contribution in [0.5, 0.6) is 0 Å². The number of anilines is 2. The van der Waals surface area contributed by atoms with Gasteiger partial charge in [-0.3, -0.25) is 9.89 Å². The number of aromatic amines is 1. The monoisotopic (exact) mass is 255 g/mol. The Morgan fingerprint density at radius 3 is 2.63 bits per heavy atom. The Kier molecular flexibility index (Phi) is 2.56. The molecule has 0 saturated heterocycles. The summed E-state index contributed by atoms with van der Waals surface area (Å²) in [6.07, 6.45) is 0. The SMILES string of the molecule is Cc1nc2nc(Nc3ccccc3)[nH]n2c(=O)c1C. The van der Waals surface area contributed by atoms with Gasteiger partial charge in [0.25, 0.3) is 11.3 Å². The van der Waals surface area contributed by atoms with Gasteiger partial charge in [-0.25, -0.2) is 4.98 Å². The predicted octanol–water partition coefficient (Wildman–Crippen LogP) is 1.78. The lowest BCUT2D eigenvalue weighted by molar-refractivity contribution is 0.875. The average Bonchev–Trinajstić information content (AvgIpc) is 2.80. The number of para-hydroxylation sites is 1. The minimum Gasteiger partial charge on any atom is -0.325 e. The lowest BCUT2D eigenvalue weighted by Gasteiger charge is -2.00. The fourth-order valence-corrected chi connectivity index (χ4v) is 1.82. The van der Waals surface area contributed by atoms with E-state index in [9.17, 15) is 4.79 Å². The molecule has 2 aromatic heterocycles. The van der Waals surface area contributed by atoms with E-state index in [0.717, 1.165) is 5.69 Å². The van der Waals surface area contributed by atoms with E-state index in [4.69, 9.17) is 0 Å². The van der Waals surface area contributed by atoms with Crippen molar-refractivity contribution < 1.29 is 0 Å². The number of benzene rings is 1. The molecule has 0 atom stereocenters. The molecular formula is C13H13N5O. The Hall–Kier alpha value is -2.63. The zero-order chi connectivity index (χ0) is 13.4. The summed E-state index contributed by atoms with van der Waals surface area (Å²) in [4.78, 5) is 20.6. The largest absolute Gasteiger partial charge is 0.325 e. The van der Waals surface area contributed by atoms with Gasteiger partial charge in [0.2, 0.25) is 5.95 Å². The van der Waals surface area contributed by atoms with Crippen LogP contribution in [0.1, 0.15) is 11.3 Å². The topological polar surface area (TPSA) is 75.1 Å². The van der Waals surface area contributed by atoms with Gasteiger partial charge < -0.3 is 5.32 Å². The quantitative estimate of drug-likeness (QED) is 0.732. The van der Waals surface area contributed by atoms with Crippen LogP contribution in [0.15, 0.2) is 35.1 Å². The molecular weight excluding hydrogens is 242 g/mol. The van der Waals surface area contributed by atoms with Gasteiger partial charge in [-0.15, -0.1) is 0 Å². The van der Waals surface area contributed by atoms with Crippen molar-refractivity contribution in [2.24, 2.45) is 0 Å². The molecule has 0 radical (unpaired) electrons. The first-order valence-corrected chi connectivity index (χ1v) is 5.93. The Labute approximate surface area is 109 Å². The molecule has 3 rings (SSSR count). The van der Waals surface area contributed by atoms with Crippen LogP contribution in [0.2, 0.25) is 0 Å². The van der Waals surface area contributed by atoms with Gasteiger partial charge in [-0.2, -0.15) is 9.50 Å². The van der Waals surface area contributed by atoms with Crippen molar-refractivity contribution in [1.82, 2.24) is 19.6 Å². The van der Waals surface area contributed by atoms with Gasteiger partial charge in [0, 0.05) is 16.9 Å². The highest BCUT2D eigenvalue weighted by Gasteiger charge is 2.09. The molecule has 0 bridgehead atoms. The van der Waals surface area contributed by atoms with Crippen LogP contribution in [-0.2, 0) is 0 Å². The molecule has 96 valence electrons. The predicted molar refractivity (Wildman–Crippen MR) is 72.8 cm³/mol. The van der Waals surface area contributed by atoms with Gasteiger partial charge in [0.1, 0.15) is 0 Å². The standard InChI is InChI=1S/C13H13N5O/c1-8-9(2)14-13-16-12(17-18(13)11(8)19)15-10-6-4-3-5-7-10/h3-7H,1-2H3,(H2,14,15,16,17). The molecule has 0 aliphatic heterocycles. The fourth-order valence-electron chi connectivity index (χ4n) is 1.82. The minimum atomic E-state index is -0.129. The molecule has 0 unspecified atom stereocenters. The van der Waals surface area contributed by atoms with E-state index in [1.54, 1.807) is 13.8 Å². The highest BCUT2D eigenvalue weighted by atomic mass is 16.1. The molecule has 0 aliphatic carbocycles. The zero-order valence-corrected chi connectivity index (χ0v) is 10.6. The molecule has 19 heavy (non-hydrogen) atoms. The second-order valence-electron chi connectivity index (χ2n) is 4.33. The maximum absolute atomic E-state index is 12.0. The molecule has 0 saturated carbocycles. The lowest BCUT2D eigenvalue weighted by Crippen LogP contribution is -2.19. The maximum atomic E-state index is 12.0. The molecule has 0 fully saturated rings. The number of hydrogen-bond acceptors (Lipinski definition) is 4. The van der Waals surface area contributed by atoms with E-state index in [-0.39, 0.29) is 5.56 Å². The number of hydrogen-bond donors (Lipinski definition) is 2. The average molecular weight is 255 g/mol. The molecule has 6 nitrogen and oxygen atoms in total. The van der Waals surface area contributed by atoms with Gasteiger partial charge in [-0.05, 0) is 26.0 Å².